The van der Waals surface area contributed by atoms with E-state index in [4.69, 9.17) is 0 Å². The first kappa shape index (κ1) is 20.5. The number of halogens is 6. The van der Waals surface area contributed by atoms with Crippen LogP contribution in [0.4, 0.5) is 26.3 Å². The smallest absolute Gasteiger partial charge is 0.434 e. The largest absolute Gasteiger partial charge is 0.439 e. The Balaban J connectivity index is 2.09. The minimum Gasteiger partial charge on any atom is -0.439 e. The first-order valence-corrected chi connectivity index (χ1v) is 7.71. The van der Waals surface area contributed by atoms with Crippen LogP contribution in [0.3, 0.4) is 0 Å². The van der Waals surface area contributed by atoms with Gasteiger partial charge >= 0.3 is 18.3 Å². The predicted octanol–water partition coefficient (Wildman–Crippen LogP) is 5.24. The van der Waals surface area contributed by atoms with E-state index in [1.807, 2.05) is 30.3 Å². The lowest BCUT2D eigenvalue weighted by Crippen LogP contribution is -2.45. The number of hydrogen-bond acceptors (Lipinski definition) is 2. The summed E-state index contributed by atoms with van der Waals surface area (Å²) >= 11 is 0. The fourth-order valence-electron chi connectivity index (χ4n) is 2.24. The van der Waals surface area contributed by atoms with E-state index < -0.39 is 30.0 Å². The Hall–Kier alpha value is -2.77. The molecule has 1 aliphatic carbocycles. The molecule has 0 spiro atoms. The highest BCUT2D eigenvalue weighted by atomic mass is 19.4. The summed E-state index contributed by atoms with van der Waals surface area (Å²) in [6, 6.07) is 9.41. The van der Waals surface area contributed by atoms with Gasteiger partial charge in [0.05, 0.1) is 5.57 Å². The molecule has 144 valence electrons. The van der Waals surface area contributed by atoms with Crippen molar-refractivity contribution in [1.82, 2.24) is 0 Å². The zero-order valence-corrected chi connectivity index (χ0v) is 13.7. The normalized spacial score (nSPS) is 21.3. The van der Waals surface area contributed by atoms with Gasteiger partial charge in [-0.15, -0.1) is 0 Å². The Labute approximate surface area is 151 Å². The molecular formula is C19H14F6O2. The molecule has 0 aliphatic heterocycles. The number of hydrogen-bond donors (Lipinski definition) is 0. The molecule has 0 saturated heterocycles. The second kappa shape index (κ2) is 8.28. The highest BCUT2D eigenvalue weighted by Crippen LogP contribution is 2.36. The summed E-state index contributed by atoms with van der Waals surface area (Å²) in [5.41, 5.74) is 1.42. The number of ether oxygens (including phenoxy) is 1. The van der Waals surface area contributed by atoms with Crippen LogP contribution in [0, 0.1) is 0 Å². The second-order valence-corrected chi connectivity index (χ2v) is 5.61. The molecule has 0 amide bonds. The Bertz CT molecular complexity index is 769. The Morgan fingerprint density at radius 2 is 1.48 bits per heavy atom. The lowest BCUT2D eigenvalue weighted by atomic mass is 10.0. The zero-order valence-electron chi connectivity index (χ0n) is 13.7. The molecule has 2 nitrogen and oxygen atoms in total. The molecule has 0 unspecified atom stereocenters. The molecule has 0 aromatic heterocycles. The van der Waals surface area contributed by atoms with Gasteiger partial charge in [0.2, 0.25) is 0 Å². The first-order valence-electron chi connectivity index (χ1n) is 7.71. The van der Waals surface area contributed by atoms with Gasteiger partial charge in [0, 0.05) is 0 Å². The summed E-state index contributed by atoms with van der Waals surface area (Å²) in [6.07, 6.45) is -6.97. The zero-order chi connectivity index (χ0) is 20.1. The number of benzene rings is 1. The summed E-state index contributed by atoms with van der Waals surface area (Å²) in [7, 11) is 0. The number of carbonyl (C=O) groups excluding carboxylic acids is 1. The standard InChI is InChI=1S/C19H14F6O2/c20-18(21,22)17(19(23,24)25)27-16(26)15-10-4-8-14(9-5-11-15)12-13-6-2-1-3-7-13/h1-11,17H,12H2/b8-4-,9-5?,10-4?,11-5-,14-8?,14-9+,15-10+,15-11?. The van der Waals surface area contributed by atoms with Gasteiger partial charge in [-0.1, -0.05) is 54.6 Å². The van der Waals surface area contributed by atoms with Gasteiger partial charge < -0.3 is 4.74 Å². The monoisotopic (exact) mass is 388 g/mol. The molecule has 2 rings (SSSR count). The average Bonchev–Trinajstić information content (AvgIpc) is 2.53. The van der Waals surface area contributed by atoms with Crippen molar-refractivity contribution in [3.63, 3.8) is 0 Å². The molecule has 27 heavy (non-hydrogen) atoms. The topological polar surface area (TPSA) is 26.3 Å². The van der Waals surface area contributed by atoms with Gasteiger partial charge in [0.15, 0.2) is 0 Å². The van der Waals surface area contributed by atoms with Crippen molar-refractivity contribution >= 4 is 5.97 Å². The molecule has 1 aromatic rings. The summed E-state index contributed by atoms with van der Waals surface area (Å²) in [5.74, 6) is -1.71. The van der Waals surface area contributed by atoms with Crippen molar-refractivity contribution in [2.24, 2.45) is 0 Å². The van der Waals surface area contributed by atoms with Crippen LogP contribution < -0.4 is 0 Å². The molecule has 0 radical (unpaired) electrons. The maximum absolute atomic E-state index is 12.5. The molecule has 0 N–H and O–H groups in total. The van der Waals surface area contributed by atoms with E-state index >= 15 is 0 Å². The summed E-state index contributed by atoms with van der Waals surface area (Å²) < 4.78 is 78.6. The summed E-state index contributed by atoms with van der Waals surface area (Å²) in [4.78, 5) is 11.7. The number of rotatable bonds is 4. The predicted molar refractivity (Wildman–Crippen MR) is 86.6 cm³/mol. The fourth-order valence-corrected chi connectivity index (χ4v) is 2.24. The van der Waals surface area contributed by atoms with E-state index in [0.29, 0.717) is 6.42 Å². The van der Waals surface area contributed by atoms with E-state index in [-0.39, 0.29) is 0 Å². The molecule has 0 fully saturated rings. The maximum Gasteiger partial charge on any atom is 0.434 e. The van der Waals surface area contributed by atoms with E-state index in [2.05, 4.69) is 4.74 Å². The summed E-state index contributed by atoms with van der Waals surface area (Å²) in [5, 5.41) is 0. The highest BCUT2D eigenvalue weighted by Gasteiger charge is 2.59. The van der Waals surface area contributed by atoms with Gasteiger partial charge in [-0.2, -0.15) is 26.3 Å². The van der Waals surface area contributed by atoms with Crippen molar-refractivity contribution in [3.05, 3.63) is 83.5 Å². The minimum absolute atomic E-state index is 0.431. The SMILES string of the molecule is O=C(OC(C(F)(F)F)C(F)(F)F)C1=C/C=C\C(Cc2ccccc2)=C/C=C\1. The van der Waals surface area contributed by atoms with E-state index in [0.717, 1.165) is 23.3 Å². The summed E-state index contributed by atoms with van der Waals surface area (Å²) in [6.45, 7) is 0. The molecule has 0 bridgehead atoms. The highest BCUT2D eigenvalue weighted by molar-refractivity contribution is 5.92. The molecular weight excluding hydrogens is 374 g/mol. The fraction of sp³-hybridized carbons (Fsp3) is 0.211. The van der Waals surface area contributed by atoms with E-state index in [9.17, 15) is 31.1 Å². The Kier molecular flexibility index (Phi) is 6.30. The van der Waals surface area contributed by atoms with Crippen molar-refractivity contribution in [3.8, 4) is 0 Å². The van der Waals surface area contributed by atoms with Crippen molar-refractivity contribution in [1.29, 1.82) is 0 Å². The number of carbonyl (C=O) groups is 1. The van der Waals surface area contributed by atoms with E-state index in [1.165, 1.54) is 12.2 Å². The average molecular weight is 388 g/mol. The van der Waals surface area contributed by atoms with Gasteiger partial charge in [0.25, 0.3) is 6.10 Å². The van der Waals surface area contributed by atoms with Crippen molar-refractivity contribution in [2.45, 2.75) is 24.9 Å². The number of allylic oxidation sites excluding steroid dienone is 6. The van der Waals surface area contributed by atoms with Gasteiger partial charge in [-0.25, -0.2) is 4.79 Å². The van der Waals surface area contributed by atoms with E-state index in [1.54, 1.807) is 12.2 Å². The third kappa shape index (κ3) is 6.16. The van der Waals surface area contributed by atoms with Gasteiger partial charge in [-0.05, 0) is 29.7 Å². The lowest BCUT2D eigenvalue weighted by Gasteiger charge is -2.22. The van der Waals surface area contributed by atoms with Crippen LogP contribution in [0.25, 0.3) is 0 Å². The third-order valence-electron chi connectivity index (χ3n) is 3.48. The number of alkyl halides is 6. The molecule has 0 heterocycles. The first-order chi connectivity index (χ1) is 12.6. The molecule has 0 atom stereocenters. The lowest BCUT2D eigenvalue weighted by molar-refractivity contribution is -0.312. The van der Waals surface area contributed by atoms with Gasteiger partial charge in [0.1, 0.15) is 0 Å². The quantitative estimate of drug-likeness (QED) is 0.521. The van der Waals surface area contributed by atoms with Crippen LogP contribution in [0.15, 0.2) is 77.9 Å². The van der Waals surface area contributed by atoms with Crippen LogP contribution in [-0.2, 0) is 16.0 Å². The van der Waals surface area contributed by atoms with Crippen LogP contribution in [-0.4, -0.2) is 24.4 Å². The third-order valence-corrected chi connectivity index (χ3v) is 3.48. The molecule has 8 heteroatoms. The number of esters is 1. The molecule has 1 aromatic carbocycles. The Morgan fingerprint density at radius 1 is 0.889 bits per heavy atom. The maximum atomic E-state index is 12.5. The van der Waals surface area contributed by atoms with Crippen molar-refractivity contribution < 1.29 is 35.9 Å². The van der Waals surface area contributed by atoms with Gasteiger partial charge in [-0.3, -0.25) is 0 Å². The molecule has 0 saturated carbocycles. The minimum atomic E-state index is -5.75. The van der Waals surface area contributed by atoms with Crippen molar-refractivity contribution in [2.75, 3.05) is 0 Å². The van der Waals surface area contributed by atoms with Crippen LogP contribution >= 0.6 is 0 Å². The van der Waals surface area contributed by atoms with Crippen LogP contribution in [0.2, 0.25) is 0 Å². The van der Waals surface area contributed by atoms with Crippen LogP contribution in [0.5, 0.6) is 0 Å². The molecule has 1 aliphatic rings. The second-order valence-electron chi connectivity index (χ2n) is 5.61. The van der Waals surface area contributed by atoms with Crippen LogP contribution in [0.1, 0.15) is 5.56 Å². The Morgan fingerprint density at radius 3 is 2.07 bits per heavy atom.